The number of rotatable bonds is 14. The largest absolute Gasteiger partial charge is 0.383 e. The van der Waals surface area contributed by atoms with Crippen LogP contribution < -0.4 is 21.3 Å². The molecule has 2 fully saturated rings. The van der Waals surface area contributed by atoms with Crippen LogP contribution in [0, 0.1) is 28.6 Å². The Morgan fingerprint density at radius 2 is 1.70 bits per heavy atom. The van der Waals surface area contributed by atoms with E-state index in [-0.39, 0.29) is 53.5 Å². The van der Waals surface area contributed by atoms with Crippen molar-refractivity contribution < 1.29 is 28.7 Å². The molecule has 0 aromatic heterocycles. The van der Waals surface area contributed by atoms with E-state index in [2.05, 4.69) is 41.7 Å². The van der Waals surface area contributed by atoms with E-state index in [1.54, 1.807) is 12.0 Å². The number of nitrogens with zero attached hydrogens (tertiary/aromatic N) is 1. The summed E-state index contributed by atoms with van der Waals surface area (Å²) in [7, 11) is 1.58. The fraction of sp³-hybridized carbons (Fsp3) is 0.639. The Morgan fingerprint density at radius 1 is 1.06 bits per heavy atom. The number of urea groups is 1. The van der Waals surface area contributed by atoms with E-state index in [1.165, 1.54) is 6.08 Å². The molecule has 1 saturated heterocycles. The predicted molar refractivity (Wildman–Crippen MR) is 179 cm³/mol. The topological polar surface area (TPSA) is 146 Å². The second kappa shape index (κ2) is 14.6. The fourth-order valence-corrected chi connectivity index (χ4v) is 7.44. The van der Waals surface area contributed by atoms with Gasteiger partial charge in [0.25, 0.3) is 5.91 Å². The van der Waals surface area contributed by atoms with Crippen molar-refractivity contribution in [2.24, 2.45) is 28.6 Å². The lowest BCUT2D eigenvalue weighted by Crippen LogP contribution is -2.61. The number of Topliss-reactive ketones (excluding diaryl/α,β-unsaturated/α-hetero) is 1. The number of carbonyl (C=O) groups is 5. The van der Waals surface area contributed by atoms with Gasteiger partial charge in [0.15, 0.2) is 0 Å². The minimum Gasteiger partial charge on any atom is -0.383 e. The first-order valence-electron chi connectivity index (χ1n) is 16.8. The van der Waals surface area contributed by atoms with Crippen molar-refractivity contribution in [2.45, 2.75) is 91.4 Å². The first-order valence-corrected chi connectivity index (χ1v) is 16.8. The lowest BCUT2D eigenvalue weighted by atomic mass is 9.87. The third-order valence-electron chi connectivity index (χ3n) is 10.4. The smallest absolute Gasteiger partial charge is 0.315 e. The van der Waals surface area contributed by atoms with E-state index in [9.17, 15) is 24.0 Å². The van der Waals surface area contributed by atoms with E-state index in [1.807, 2.05) is 52.0 Å². The number of hydrogen-bond donors (Lipinski definition) is 4. The van der Waals surface area contributed by atoms with Gasteiger partial charge in [0.1, 0.15) is 12.1 Å². The molecule has 4 N–H and O–H groups in total. The van der Waals surface area contributed by atoms with Crippen molar-refractivity contribution >= 4 is 29.5 Å². The maximum atomic E-state index is 14.6. The monoisotopic (exact) mass is 651 g/mol. The predicted octanol–water partition coefficient (Wildman–Crippen LogP) is 2.77. The summed E-state index contributed by atoms with van der Waals surface area (Å²) in [5.41, 5.74) is 1.81. The van der Waals surface area contributed by atoms with E-state index in [0.717, 1.165) is 11.1 Å². The molecule has 258 valence electrons. The van der Waals surface area contributed by atoms with Crippen LogP contribution in [0.2, 0.25) is 0 Å². The lowest BCUT2D eigenvalue weighted by Gasteiger charge is -2.36. The molecule has 0 bridgehead atoms. The van der Waals surface area contributed by atoms with Crippen molar-refractivity contribution in [3.63, 3.8) is 0 Å². The maximum Gasteiger partial charge on any atom is 0.315 e. The van der Waals surface area contributed by atoms with Crippen molar-refractivity contribution in [3.05, 3.63) is 48.0 Å². The van der Waals surface area contributed by atoms with Crippen molar-refractivity contribution in [2.75, 3.05) is 26.8 Å². The van der Waals surface area contributed by atoms with Gasteiger partial charge < -0.3 is 30.9 Å². The summed E-state index contributed by atoms with van der Waals surface area (Å²) in [5.74, 6) is -2.51. The highest BCUT2D eigenvalue weighted by Crippen LogP contribution is 2.65. The average molecular weight is 652 g/mol. The van der Waals surface area contributed by atoms with E-state index in [0.29, 0.717) is 32.4 Å². The van der Waals surface area contributed by atoms with Crippen molar-refractivity contribution in [1.29, 1.82) is 0 Å². The number of carbonyl (C=O) groups excluding carboxylic acids is 5. The summed E-state index contributed by atoms with van der Waals surface area (Å²) in [6.07, 6.45) is 3.56. The number of amides is 5. The molecule has 1 aromatic carbocycles. The first kappa shape index (κ1) is 36.1. The molecule has 6 atom stereocenters. The number of methoxy groups -OCH3 is 1. The van der Waals surface area contributed by atoms with E-state index in [4.69, 9.17) is 4.74 Å². The van der Waals surface area contributed by atoms with Crippen molar-refractivity contribution in [1.82, 2.24) is 26.2 Å². The van der Waals surface area contributed by atoms with Gasteiger partial charge in [-0.1, -0.05) is 78.3 Å². The zero-order valence-electron chi connectivity index (χ0n) is 29.0. The molecule has 11 nitrogen and oxygen atoms in total. The number of benzene rings is 1. The Morgan fingerprint density at radius 3 is 2.26 bits per heavy atom. The highest BCUT2D eigenvalue weighted by Gasteiger charge is 2.69. The second-order valence-electron chi connectivity index (χ2n) is 15.0. The average Bonchev–Trinajstić information content (AvgIpc) is 3.37. The molecule has 2 aliphatic carbocycles. The summed E-state index contributed by atoms with van der Waals surface area (Å²) >= 11 is 0. The van der Waals surface area contributed by atoms with E-state index < -0.39 is 41.8 Å². The summed E-state index contributed by atoms with van der Waals surface area (Å²) in [5, 5.41) is 11.4. The van der Waals surface area contributed by atoms with Crippen LogP contribution >= 0.6 is 0 Å². The molecule has 0 radical (unpaired) electrons. The molecule has 1 aromatic rings. The van der Waals surface area contributed by atoms with E-state index >= 15 is 0 Å². The number of nitrogens with one attached hydrogen (secondary N) is 4. The van der Waals surface area contributed by atoms with Gasteiger partial charge in [0.05, 0.1) is 18.7 Å². The molecule has 11 heteroatoms. The molecule has 1 heterocycles. The van der Waals surface area contributed by atoms with Crippen LogP contribution in [-0.4, -0.2) is 85.4 Å². The summed E-state index contributed by atoms with van der Waals surface area (Å²) in [4.78, 5) is 69.4. The Kier molecular flexibility index (Phi) is 11.2. The third kappa shape index (κ3) is 7.88. The number of piperidine rings is 1. The summed E-state index contributed by atoms with van der Waals surface area (Å²) in [6.45, 7) is 16.4. The van der Waals surface area contributed by atoms with Gasteiger partial charge in [0.2, 0.25) is 17.6 Å². The Bertz CT molecular complexity index is 1340. The van der Waals surface area contributed by atoms with Gasteiger partial charge in [-0.25, -0.2) is 4.79 Å². The number of ether oxygens (including phenoxy) is 1. The van der Waals surface area contributed by atoms with Gasteiger partial charge in [-0.15, -0.1) is 6.58 Å². The molecule has 3 aliphatic rings. The van der Waals surface area contributed by atoms with Gasteiger partial charge in [0, 0.05) is 20.2 Å². The van der Waals surface area contributed by atoms with Crippen LogP contribution in [-0.2, 0) is 36.8 Å². The van der Waals surface area contributed by atoms with Crippen LogP contribution in [0.3, 0.4) is 0 Å². The zero-order valence-corrected chi connectivity index (χ0v) is 29.0. The molecule has 3 unspecified atom stereocenters. The summed E-state index contributed by atoms with van der Waals surface area (Å²) < 4.78 is 5.37. The fourth-order valence-electron chi connectivity index (χ4n) is 7.44. The van der Waals surface area contributed by atoms with Crippen LogP contribution in [0.4, 0.5) is 4.79 Å². The standard InChI is InChI=1S/C36H53N5O6/c1-9-13-25(30(42)32(44)37-16-10-2)38-31(43)29-27-24(36(27,6)7)19-41(29)33(45)28(23-17-21-14-11-12-15-22(21)18-23)40-34(46)39-26(20-47-8)35(3,4)5/h10-12,14-15,23-29H,2,9,13,16-20H2,1,3-8H3,(H,37,44)(H,38,43)(H2,39,40,46)/t24-,25?,26+,27-,28?,29?/m0/s1. The molecule has 1 saturated carbocycles. The van der Waals surface area contributed by atoms with Gasteiger partial charge >= 0.3 is 6.03 Å². The van der Waals surface area contributed by atoms with Crippen molar-refractivity contribution in [3.8, 4) is 0 Å². The molecule has 0 spiro atoms. The highest BCUT2D eigenvalue weighted by molar-refractivity contribution is 6.38. The summed E-state index contributed by atoms with van der Waals surface area (Å²) in [6, 6.07) is 4.51. The molecule has 4 rings (SSSR count). The maximum absolute atomic E-state index is 14.6. The Balaban J connectivity index is 1.60. The van der Waals surface area contributed by atoms with Crippen LogP contribution in [0.15, 0.2) is 36.9 Å². The molecule has 47 heavy (non-hydrogen) atoms. The van der Waals surface area contributed by atoms with Crippen LogP contribution in [0.1, 0.15) is 65.5 Å². The number of fused-ring (bicyclic) bond motifs is 2. The number of hydrogen-bond acceptors (Lipinski definition) is 6. The Hall–Kier alpha value is -3.73. The van der Waals surface area contributed by atoms with Gasteiger partial charge in [-0.2, -0.15) is 0 Å². The molecule has 5 amide bonds. The normalized spacial score (nSPS) is 23.0. The van der Waals surface area contributed by atoms with Crippen LogP contribution in [0.25, 0.3) is 0 Å². The quantitative estimate of drug-likeness (QED) is 0.180. The second-order valence-corrected chi connectivity index (χ2v) is 15.0. The molecular weight excluding hydrogens is 598 g/mol. The van der Waals surface area contributed by atoms with Crippen LogP contribution in [0.5, 0.6) is 0 Å². The number of ketones is 1. The molecular formula is C36H53N5O6. The third-order valence-corrected chi connectivity index (χ3v) is 10.4. The number of likely N-dealkylation sites (tertiary alicyclic amines) is 1. The minimum atomic E-state index is -1.02. The highest BCUT2D eigenvalue weighted by atomic mass is 16.5. The SMILES string of the molecule is C=CCNC(=O)C(=O)C(CCC)NC(=O)C1[C@@H]2[C@H](CN1C(=O)C(NC(=O)N[C@H](COC)C(C)(C)C)C1Cc3ccccc3C1)C2(C)C. The lowest BCUT2D eigenvalue weighted by molar-refractivity contribution is -0.144. The minimum absolute atomic E-state index is 0.0978. The Labute approximate surface area is 279 Å². The first-order chi connectivity index (χ1) is 22.1. The zero-order chi connectivity index (χ0) is 34.7. The molecule has 1 aliphatic heterocycles. The van der Waals surface area contributed by atoms with Gasteiger partial charge in [-0.3, -0.25) is 19.2 Å². The van der Waals surface area contributed by atoms with Gasteiger partial charge in [-0.05, 0) is 59.0 Å².